The number of hydrogen-bond acceptors (Lipinski definition) is 5. The maximum Gasteiger partial charge on any atom is 0.227 e. The maximum absolute atomic E-state index is 5.39. The van der Waals surface area contributed by atoms with Gasteiger partial charge in [-0.3, -0.25) is 0 Å². The highest BCUT2D eigenvalue weighted by molar-refractivity contribution is 5.44. The van der Waals surface area contributed by atoms with E-state index in [-0.39, 0.29) is 0 Å². The van der Waals surface area contributed by atoms with E-state index >= 15 is 0 Å². The van der Waals surface area contributed by atoms with Crippen molar-refractivity contribution in [2.24, 2.45) is 0 Å². The van der Waals surface area contributed by atoms with Gasteiger partial charge < -0.3 is 15.0 Å². The van der Waals surface area contributed by atoms with Gasteiger partial charge in [0, 0.05) is 44.1 Å². The van der Waals surface area contributed by atoms with Crippen molar-refractivity contribution < 1.29 is 4.74 Å². The van der Waals surface area contributed by atoms with E-state index in [0.29, 0.717) is 6.04 Å². The average molecular weight is 262 g/mol. The molecule has 1 aromatic rings. The number of aromatic nitrogens is 2. The fourth-order valence-electron chi connectivity index (χ4n) is 2.74. The summed E-state index contributed by atoms with van der Waals surface area (Å²) in [6.45, 7) is 5.90. The third-order valence-corrected chi connectivity index (χ3v) is 3.80. The minimum absolute atomic E-state index is 0.481. The van der Waals surface area contributed by atoms with E-state index in [0.717, 1.165) is 56.6 Å². The first-order chi connectivity index (χ1) is 9.31. The van der Waals surface area contributed by atoms with Crippen molar-refractivity contribution in [3.8, 4) is 0 Å². The second kappa shape index (κ2) is 5.74. The van der Waals surface area contributed by atoms with Crippen LogP contribution in [0.2, 0.25) is 0 Å². The first kappa shape index (κ1) is 12.7. The van der Waals surface area contributed by atoms with E-state index in [1.807, 2.05) is 13.0 Å². The predicted octanol–water partition coefficient (Wildman–Crippen LogP) is 1.98. The van der Waals surface area contributed by atoms with Gasteiger partial charge in [-0.2, -0.15) is 4.98 Å². The Kier molecular flexibility index (Phi) is 3.82. The van der Waals surface area contributed by atoms with Crippen LogP contribution < -0.4 is 10.2 Å². The lowest BCUT2D eigenvalue weighted by atomic mass is 10.1. The van der Waals surface area contributed by atoms with Crippen LogP contribution in [0.15, 0.2) is 6.07 Å². The molecule has 5 nitrogen and oxygen atoms in total. The summed E-state index contributed by atoms with van der Waals surface area (Å²) < 4.78 is 5.39. The summed E-state index contributed by atoms with van der Waals surface area (Å²) >= 11 is 0. The molecule has 104 valence electrons. The third kappa shape index (κ3) is 3.15. The van der Waals surface area contributed by atoms with E-state index in [2.05, 4.69) is 20.2 Å². The van der Waals surface area contributed by atoms with Crippen molar-refractivity contribution in [1.82, 2.24) is 9.97 Å². The fraction of sp³-hybridized carbons (Fsp3) is 0.714. The second-order valence-corrected chi connectivity index (χ2v) is 5.42. The Morgan fingerprint density at radius 1 is 1.21 bits per heavy atom. The molecule has 3 heterocycles. The summed E-state index contributed by atoms with van der Waals surface area (Å²) in [5, 5.41) is 3.53. The fourth-order valence-corrected chi connectivity index (χ4v) is 2.74. The molecule has 1 N–H and O–H groups in total. The van der Waals surface area contributed by atoms with E-state index in [4.69, 9.17) is 4.74 Å². The van der Waals surface area contributed by atoms with Crippen molar-refractivity contribution in [3.63, 3.8) is 0 Å². The third-order valence-electron chi connectivity index (χ3n) is 3.80. The summed E-state index contributed by atoms with van der Waals surface area (Å²) in [4.78, 5) is 11.5. The van der Waals surface area contributed by atoms with Gasteiger partial charge >= 0.3 is 0 Å². The van der Waals surface area contributed by atoms with Crippen LogP contribution >= 0.6 is 0 Å². The zero-order valence-electron chi connectivity index (χ0n) is 11.6. The summed E-state index contributed by atoms with van der Waals surface area (Å²) in [5.74, 6) is 1.84. The smallest absolute Gasteiger partial charge is 0.227 e. The standard InChI is InChI=1S/C14H22N4O/c1-11-10-13(16-12-4-8-19-9-5-12)17-14(15-11)18-6-2-3-7-18/h10,12H,2-9H2,1H3,(H,15,16,17). The van der Waals surface area contributed by atoms with Crippen molar-refractivity contribution in [2.45, 2.75) is 38.6 Å². The Bertz CT molecular complexity index is 425. The van der Waals surface area contributed by atoms with E-state index < -0.39 is 0 Å². The van der Waals surface area contributed by atoms with E-state index in [9.17, 15) is 0 Å². The van der Waals surface area contributed by atoms with Gasteiger partial charge in [0.2, 0.25) is 5.95 Å². The van der Waals surface area contributed by atoms with Gasteiger partial charge in [0.1, 0.15) is 5.82 Å². The SMILES string of the molecule is Cc1cc(NC2CCOCC2)nc(N2CCCC2)n1. The number of hydrogen-bond donors (Lipinski definition) is 1. The summed E-state index contributed by atoms with van der Waals surface area (Å²) in [5.41, 5.74) is 1.03. The molecule has 2 aliphatic heterocycles. The summed E-state index contributed by atoms with van der Waals surface area (Å²) in [7, 11) is 0. The van der Waals surface area contributed by atoms with Crippen LogP contribution in [0.3, 0.4) is 0 Å². The average Bonchev–Trinajstić information content (AvgIpc) is 2.93. The maximum atomic E-state index is 5.39. The van der Waals surface area contributed by atoms with Crippen LogP contribution in [0.1, 0.15) is 31.4 Å². The van der Waals surface area contributed by atoms with Gasteiger partial charge in [-0.25, -0.2) is 4.98 Å². The molecule has 0 aliphatic carbocycles. The van der Waals surface area contributed by atoms with Crippen molar-refractivity contribution >= 4 is 11.8 Å². The molecule has 0 atom stereocenters. The predicted molar refractivity (Wildman–Crippen MR) is 75.7 cm³/mol. The van der Waals surface area contributed by atoms with Crippen LogP contribution in [0.4, 0.5) is 11.8 Å². The molecule has 2 saturated heterocycles. The molecule has 0 amide bonds. The van der Waals surface area contributed by atoms with Crippen LogP contribution in [0.25, 0.3) is 0 Å². The van der Waals surface area contributed by atoms with Gasteiger partial charge in [-0.05, 0) is 32.6 Å². The number of ether oxygens (including phenoxy) is 1. The van der Waals surface area contributed by atoms with Gasteiger partial charge in [0.05, 0.1) is 0 Å². The Morgan fingerprint density at radius 3 is 2.68 bits per heavy atom. The Hall–Kier alpha value is -1.36. The van der Waals surface area contributed by atoms with Crippen molar-refractivity contribution in [3.05, 3.63) is 11.8 Å². The van der Waals surface area contributed by atoms with Crippen molar-refractivity contribution in [1.29, 1.82) is 0 Å². The Labute approximate surface area is 114 Å². The first-order valence-corrected chi connectivity index (χ1v) is 7.26. The molecule has 0 spiro atoms. The first-order valence-electron chi connectivity index (χ1n) is 7.26. The normalized spacial score (nSPS) is 20.8. The molecule has 1 aromatic heterocycles. The Balaban J connectivity index is 1.73. The molecule has 2 aliphatic rings. The molecule has 0 unspecified atom stereocenters. The van der Waals surface area contributed by atoms with Gasteiger partial charge in [0.25, 0.3) is 0 Å². The monoisotopic (exact) mass is 262 g/mol. The highest BCUT2D eigenvalue weighted by Gasteiger charge is 2.18. The topological polar surface area (TPSA) is 50.3 Å². The number of nitrogens with zero attached hydrogens (tertiary/aromatic N) is 3. The quantitative estimate of drug-likeness (QED) is 0.902. The molecule has 2 fully saturated rings. The zero-order chi connectivity index (χ0) is 13.1. The van der Waals surface area contributed by atoms with Crippen molar-refractivity contribution in [2.75, 3.05) is 36.5 Å². The molecule has 19 heavy (non-hydrogen) atoms. The lowest BCUT2D eigenvalue weighted by Crippen LogP contribution is -2.29. The largest absolute Gasteiger partial charge is 0.381 e. The van der Waals surface area contributed by atoms with E-state index in [1.165, 1.54) is 12.8 Å². The molecule has 0 bridgehead atoms. The second-order valence-electron chi connectivity index (χ2n) is 5.42. The number of rotatable bonds is 3. The van der Waals surface area contributed by atoms with E-state index in [1.54, 1.807) is 0 Å². The molecule has 0 radical (unpaired) electrons. The van der Waals surface area contributed by atoms with Crippen LogP contribution in [-0.2, 0) is 4.74 Å². The lowest BCUT2D eigenvalue weighted by molar-refractivity contribution is 0.0904. The zero-order valence-corrected chi connectivity index (χ0v) is 11.6. The van der Waals surface area contributed by atoms with Gasteiger partial charge in [-0.1, -0.05) is 0 Å². The molecule has 0 aromatic carbocycles. The number of aryl methyl sites for hydroxylation is 1. The minimum atomic E-state index is 0.481. The van der Waals surface area contributed by atoms with Gasteiger partial charge in [0.15, 0.2) is 0 Å². The Morgan fingerprint density at radius 2 is 1.95 bits per heavy atom. The molecule has 3 rings (SSSR count). The highest BCUT2D eigenvalue weighted by Crippen LogP contribution is 2.20. The highest BCUT2D eigenvalue weighted by atomic mass is 16.5. The number of anilines is 2. The summed E-state index contributed by atoms with van der Waals surface area (Å²) in [6, 6.07) is 2.52. The minimum Gasteiger partial charge on any atom is -0.381 e. The molecular weight excluding hydrogens is 240 g/mol. The lowest BCUT2D eigenvalue weighted by Gasteiger charge is -2.24. The van der Waals surface area contributed by atoms with Gasteiger partial charge in [-0.15, -0.1) is 0 Å². The van der Waals surface area contributed by atoms with Crippen LogP contribution in [-0.4, -0.2) is 42.3 Å². The number of nitrogens with one attached hydrogen (secondary N) is 1. The summed E-state index contributed by atoms with van der Waals surface area (Å²) in [6.07, 6.45) is 4.62. The molecule has 0 saturated carbocycles. The van der Waals surface area contributed by atoms with Crippen LogP contribution in [0.5, 0.6) is 0 Å². The molecule has 5 heteroatoms. The molecular formula is C14H22N4O. The van der Waals surface area contributed by atoms with Crippen LogP contribution in [0, 0.1) is 6.92 Å².